The van der Waals surface area contributed by atoms with Gasteiger partial charge in [0.2, 0.25) is 5.91 Å². The standard InChI is InChI=1S/C10H18N2O3/c1-6(4-7-2-3-7)12-10(15)8(11)5-9(13)14/h6-8H,2-5,11H2,1H3,(H,12,15)(H,13,14). The van der Waals surface area contributed by atoms with E-state index in [1.54, 1.807) is 0 Å². The zero-order valence-corrected chi connectivity index (χ0v) is 8.90. The van der Waals surface area contributed by atoms with Gasteiger partial charge in [-0.25, -0.2) is 0 Å². The van der Waals surface area contributed by atoms with Crippen molar-refractivity contribution in [3.05, 3.63) is 0 Å². The van der Waals surface area contributed by atoms with Gasteiger partial charge in [0.25, 0.3) is 0 Å². The first kappa shape index (κ1) is 12.0. The Balaban J connectivity index is 2.23. The molecule has 0 aliphatic heterocycles. The third kappa shape index (κ3) is 4.78. The van der Waals surface area contributed by atoms with E-state index in [9.17, 15) is 9.59 Å². The van der Waals surface area contributed by atoms with Crippen molar-refractivity contribution in [1.29, 1.82) is 0 Å². The highest BCUT2D eigenvalue weighted by atomic mass is 16.4. The summed E-state index contributed by atoms with van der Waals surface area (Å²) >= 11 is 0. The molecule has 1 amide bonds. The van der Waals surface area contributed by atoms with Crippen LogP contribution in [-0.2, 0) is 9.59 Å². The Morgan fingerprint density at radius 2 is 2.13 bits per heavy atom. The van der Waals surface area contributed by atoms with E-state index in [0.717, 1.165) is 12.3 Å². The monoisotopic (exact) mass is 214 g/mol. The van der Waals surface area contributed by atoms with Crippen LogP contribution in [0, 0.1) is 5.92 Å². The Labute approximate surface area is 89.0 Å². The van der Waals surface area contributed by atoms with E-state index in [0.29, 0.717) is 0 Å². The zero-order valence-electron chi connectivity index (χ0n) is 8.90. The number of nitrogens with one attached hydrogen (secondary N) is 1. The predicted molar refractivity (Wildman–Crippen MR) is 55.2 cm³/mol. The molecule has 0 bridgehead atoms. The van der Waals surface area contributed by atoms with Crippen LogP contribution >= 0.6 is 0 Å². The van der Waals surface area contributed by atoms with E-state index in [-0.39, 0.29) is 18.4 Å². The molecule has 0 aromatic rings. The van der Waals surface area contributed by atoms with Crippen LogP contribution in [-0.4, -0.2) is 29.1 Å². The minimum absolute atomic E-state index is 0.0878. The summed E-state index contributed by atoms with van der Waals surface area (Å²) in [6.45, 7) is 1.92. The van der Waals surface area contributed by atoms with Gasteiger partial charge in [0, 0.05) is 6.04 Å². The molecule has 86 valence electrons. The molecule has 1 saturated carbocycles. The maximum atomic E-state index is 11.4. The molecule has 0 radical (unpaired) electrons. The normalized spacial score (nSPS) is 19.3. The summed E-state index contributed by atoms with van der Waals surface area (Å²) in [6.07, 6.45) is 3.12. The Morgan fingerprint density at radius 3 is 2.60 bits per heavy atom. The molecule has 0 aromatic heterocycles. The van der Waals surface area contributed by atoms with Gasteiger partial charge in [0.15, 0.2) is 0 Å². The number of rotatable bonds is 6. The number of aliphatic carboxylic acids is 1. The van der Waals surface area contributed by atoms with Crippen LogP contribution < -0.4 is 11.1 Å². The van der Waals surface area contributed by atoms with Crippen LogP contribution in [0.1, 0.15) is 32.6 Å². The van der Waals surface area contributed by atoms with Gasteiger partial charge in [-0.3, -0.25) is 9.59 Å². The quantitative estimate of drug-likeness (QED) is 0.584. The van der Waals surface area contributed by atoms with Crippen molar-refractivity contribution in [2.75, 3.05) is 0 Å². The van der Waals surface area contributed by atoms with E-state index in [1.807, 2.05) is 6.92 Å². The molecule has 1 aliphatic rings. The average molecular weight is 214 g/mol. The number of carboxylic acids is 1. The molecule has 0 spiro atoms. The second-order valence-corrected chi connectivity index (χ2v) is 4.29. The van der Waals surface area contributed by atoms with Crippen LogP contribution in [0.4, 0.5) is 0 Å². The summed E-state index contributed by atoms with van der Waals surface area (Å²) in [6, 6.07) is -0.853. The summed E-state index contributed by atoms with van der Waals surface area (Å²) in [5, 5.41) is 11.2. The molecule has 1 rings (SSSR count). The van der Waals surface area contributed by atoms with Gasteiger partial charge >= 0.3 is 5.97 Å². The number of carboxylic acid groups (broad SMARTS) is 1. The van der Waals surface area contributed by atoms with Crippen LogP contribution in [0.2, 0.25) is 0 Å². The Morgan fingerprint density at radius 1 is 1.53 bits per heavy atom. The minimum Gasteiger partial charge on any atom is -0.481 e. The van der Waals surface area contributed by atoms with Crippen molar-refractivity contribution in [1.82, 2.24) is 5.32 Å². The van der Waals surface area contributed by atoms with Gasteiger partial charge in [-0.2, -0.15) is 0 Å². The van der Waals surface area contributed by atoms with Gasteiger partial charge in [0.05, 0.1) is 12.5 Å². The van der Waals surface area contributed by atoms with Crippen LogP contribution in [0.25, 0.3) is 0 Å². The minimum atomic E-state index is -1.05. The number of hydrogen-bond acceptors (Lipinski definition) is 3. The summed E-state index contributed by atoms with van der Waals surface area (Å²) in [5.74, 6) is -0.686. The molecule has 1 aliphatic carbocycles. The van der Waals surface area contributed by atoms with Crippen molar-refractivity contribution in [2.45, 2.75) is 44.7 Å². The smallest absolute Gasteiger partial charge is 0.305 e. The van der Waals surface area contributed by atoms with E-state index in [1.165, 1.54) is 12.8 Å². The van der Waals surface area contributed by atoms with Gasteiger partial charge in [-0.05, 0) is 19.3 Å². The number of carbonyl (C=O) groups excluding carboxylic acids is 1. The highest BCUT2D eigenvalue weighted by Crippen LogP contribution is 2.33. The predicted octanol–water partition coefficient (Wildman–Crippen LogP) is 0.0932. The van der Waals surface area contributed by atoms with Gasteiger partial charge in [0.1, 0.15) is 0 Å². The van der Waals surface area contributed by atoms with Crippen molar-refractivity contribution in [3.63, 3.8) is 0 Å². The van der Waals surface area contributed by atoms with E-state index in [4.69, 9.17) is 10.8 Å². The third-order valence-electron chi connectivity index (χ3n) is 2.50. The SMILES string of the molecule is CC(CC1CC1)NC(=O)C(N)CC(=O)O. The lowest BCUT2D eigenvalue weighted by atomic mass is 10.1. The fourth-order valence-electron chi connectivity index (χ4n) is 1.54. The second-order valence-electron chi connectivity index (χ2n) is 4.29. The van der Waals surface area contributed by atoms with Gasteiger partial charge in [-0.1, -0.05) is 12.8 Å². The third-order valence-corrected chi connectivity index (χ3v) is 2.50. The molecule has 4 N–H and O–H groups in total. The summed E-state index contributed by atoms with van der Waals surface area (Å²) < 4.78 is 0. The zero-order chi connectivity index (χ0) is 11.4. The van der Waals surface area contributed by atoms with Gasteiger partial charge in [-0.15, -0.1) is 0 Å². The molecule has 5 heteroatoms. The lowest BCUT2D eigenvalue weighted by molar-refractivity contribution is -0.139. The van der Waals surface area contributed by atoms with Crippen molar-refractivity contribution in [3.8, 4) is 0 Å². The van der Waals surface area contributed by atoms with Crippen molar-refractivity contribution < 1.29 is 14.7 Å². The fourth-order valence-corrected chi connectivity index (χ4v) is 1.54. The maximum absolute atomic E-state index is 11.4. The molecule has 0 aromatic carbocycles. The Kier molecular flexibility index (Phi) is 4.08. The first-order valence-electron chi connectivity index (χ1n) is 5.26. The molecule has 1 fully saturated rings. The topological polar surface area (TPSA) is 92.4 Å². The Hall–Kier alpha value is -1.10. The maximum Gasteiger partial charge on any atom is 0.305 e. The number of nitrogens with two attached hydrogens (primary N) is 1. The summed E-state index contributed by atoms with van der Waals surface area (Å²) in [4.78, 5) is 21.7. The largest absolute Gasteiger partial charge is 0.481 e. The highest BCUT2D eigenvalue weighted by Gasteiger charge is 2.25. The fraction of sp³-hybridized carbons (Fsp3) is 0.800. The molecule has 15 heavy (non-hydrogen) atoms. The number of carbonyl (C=O) groups is 2. The van der Waals surface area contributed by atoms with Crippen LogP contribution in [0.3, 0.4) is 0 Å². The molecule has 2 atom stereocenters. The number of hydrogen-bond donors (Lipinski definition) is 3. The van der Waals surface area contributed by atoms with Crippen LogP contribution in [0.5, 0.6) is 0 Å². The van der Waals surface area contributed by atoms with Crippen molar-refractivity contribution >= 4 is 11.9 Å². The lowest BCUT2D eigenvalue weighted by Crippen LogP contribution is -2.45. The molecular formula is C10H18N2O3. The molecule has 5 nitrogen and oxygen atoms in total. The van der Waals surface area contributed by atoms with Crippen molar-refractivity contribution in [2.24, 2.45) is 11.7 Å². The first-order chi connectivity index (χ1) is 6.99. The van der Waals surface area contributed by atoms with E-state index < -0.39 is 12.0 Å². The number of amides is 1. The molecule has 2 unspecified atom stereocenters. The second kappa shape index (κ2) is 5.11. The Bertz CT molecular complexity index is 251. The summed E-state index contributed by atoms with van der Waals surface area (Å²) in [7, 11) is 0. The van der Waals surface area contributed by atoms with Crippen LogP contribution in [0.15, 0.2) is 0 Å². The highest BCUT2D eigenvalue weighted by molar-refractivity contribution is 5.86. The van der Waals surface area contributed by atoms with E-state index >= 15 is 0 Å². The lowest BCUT2D eigenvalue weighted by Gasteiger charge is -2.16. The molecular weight excluding hydrogens is 196 g/mol. The molecule has 0 saturated heterocycles. The molecule has 0 heterocycles. The van der Waals surface area contributed by atoms with Gasteiger partial charge < -0.3 is 16.2 Å². The summed E-state index contributed by atoms with van der Waals surface area (Å²) in [5.41, 5.74) is 5.42. The van der Waals surface area contributed by atoms with E-state index in [2.05, 4.69) is 5.32 Å². The first-order valence-corrected chi connectivity index (χ1v) is 5.26. The average Bonchev–Trinajstić information content (AvgIpc) is 2.86.